The van der Waals surface area contributed by atoms with E-state index in [1.165, 1.54) is 0 Å². The molecule has 1 saturated heterocycles. The molecule has 1 aliphatic heterocycles. The Morgan fingerprint density at radius 3 is 2.89 bits per heavy atom. The molecule has 0 radical (unpaired) electrons. The number of rotatable bonds is 3. The molecular weight excluding hydrogens is 246 g/mol. The Kier molecular flexibility index (Phi) is 4.46. The molecule has 1 aromatic carbocycles. The molecule has 1 aliphatic rings. The minimum atomic E-state index is -0.108. The van der Waals surface area contributed by atoms with E-state index in [0.717, 1.165) is 13.1 Å². The van der Waals surface area contributed by atoms with Gasteiger partial charge in [-0.25, -0.2) is 4.79 Å². The van der Waals surface area contributed by atoms with Gasteiger partial charge in [-0.3, -0.25) is 0 Å². The van der Waals surface area contributed by atoms with E-state index in [-0.39, 0.29) is 18.3 Å². The van der Waals surface area contributed by atoms with Crippen LogP contribution in [-0.2, 0) is 6.54 Å². The second kappa shape index (κ2) is 6.29. The Morgan fingerprint density at radius 1 is 1.47 bits per heavy atom. The first-order valence-corrected chi connectivity index (χ1v) is 6.30. The minimum absolute atomic E-state index is 0.108. The molecule has 1 heterocycles. The van der Waals surface area contributed by atoms with Crippen LogP contribution < -0.4 is 15.4 Å². The van der Waals surface area contributed by atoms with E-state index in [1.807, 2.05) is 0 Å². The van der Waals surface area contributed by atoms with Gasteiger partial charge >= 0.3 is 6.03 Å². The number of hydrogen-bond acceptors (Lipinski definition) is 4. The lowest BCUT2D eigenvalue weighted by Gasteiger charge is -2.27. The van der Waals surface area contributed by atoms with E-state index in [9.17, 15) is 9.90 Å². The summed E-state index contributed by atoms with van der Waals surface area (Å²) in [4.78, 5) is 13.7. The summed E-state index contributed by atoms with van der Waals surface area (Å²) < 4.78 is 5.09. The lowest BCUT2D eigenvalue weighted by atomic mass is 10.2. The lowest BCUT2D eigenvalue weighted by Crippen LogP contribution is -2.50. The first kappa shape index (κ1) is 13.5. The van der Waals surface area contributed by atoms with Gasteiger partial charge in [-0.15, -0.1) is 0 Å². The number of methoxy groups -OCH3 is 1. The Labute approximate surface area is 112 Å². The average molecular weight is 265 g/mol. The molecule has 6 nitrogen and oxygen atoms in total. The number of hydrogen-bond donors (Lipinski definition) is 3. The monoisotopic (exact) mass is 265 g/mol. The zero-order valence-electron chi connectivity index (χ0n) is 11.0. The van der Waals surface area contributed by atoms with Gasteiger partial charge in [0, 0.05) is 38.3 Å². The lowest BCUT2D eigenvalue weighted by molar-refractivity contribution is 0.189. The fourth-order valence-corrected chi connectivity index (χ4v) is 1.98. The van der Waals surface area contributed by atoms with Crippen LogP contribution in [0.4, 0.5) is 4.79 Å². The van der Waals surface area contributed by atoms with Crippen molar-refractivity contribution in [3.8, 4) is 11.5 Å². The van der Waals surface area contributed by atoms with Gasteiger partial charge in [0.2, 0.25) is 0 Å². The Morgan fingerprint density at radius 2 is 2.21 bits per heavy atom. The maximum Gasteiger partial charge on any atom is 0.317 e. The first-order chi connectivity index (χ1) is 9.20. The zero-order valence-corrected chi connectivity index (χ0v) is 11.0. The maximum absolute atomic E-state index is 11.9. The fraction of sp³-hybridized carbons (Fsp3) is 0.462. The molecule has 0 spiro atoms. The fourth-order valence-electron chi connectivity index (χ4n) is 1.98. The summed E-state index contributed by atoms with van der Waals surface area (Å²) in [5.41, 5.74) is 0.642. The number of nitrogens with zero attached hydrogens (tertiary/aromatic N) is 1. The third kappa shape index (κ3) is 3.51. The highest BCUT2D eigenvalue weighted by Gasteiger charge is 2.16. The van der Waals surface area contributed by atoms with Crippen LogP contribution in [-0.4, -0.2) is 49.3 Å². The van der Waals surface area contributed by atoms with Crippen molar-refractivity contribution in [1.82, 2.24) is 15.5 Å². The highest BCUT2D eigenvalue weighted by molar-refractivity contribution is 5.74. The molecule has 19 heavy (non-hydrogen) atoms. The summed E-state index contributed by atoms with van der Waals surface area (Å²) in [6, 6.07) is 4.85. The second-order valence-corrected chi connectivity index (χ2v) is 4.39. The van der Waals surface area contributed by atoms with E-state index in [2.05, 4.69) is 10.6 Å². The average Bonchev–Trinajstić information content (AvgIpc) is 2.47. The quantitative estimate of drug-likeness (QED) is 0.745. The Balaban J connectivity index is 1.92. The van der Waals surface area contributed by atoms with Crippen LogP contribution in [0.1, 0.15) is 5.56 Å². The number of phenolic OH excluding ortho intramolecular Hbond substituents is 1. The maximum atomic E-state index is 11.9. The number of piperazine rings is 1. The van der Waals surface area contributed by atoms with Crippen molar-refractivity contribution in [2.24, 2.45) is 0 Å². The van der Waals surface area contributed by atoms with Gasteiger partial charge in [-0.05, 0) is 18.2 Å². The predicted molar refractivity (Wildman–Crippen MR) is 71.3 cm³/mol. The highest BCUT2D eigenvalue weighted by Crippen LogP contribution is 2.22. The summed E-state index contributed by atoms with van der Waals surface area (Å²) in [5, 5.41) is 15.7. The molecule has 0 aliphatic carbocycles. The topological polar surface area (TPSA) is 73.8 Å². The van der Waals surface area contributed by atoms with E-state index in [1.54, 1.807) is 30.2 Å². The number of amides is 2. The molecule has 2 rings (SSSR count). The molecular formula is C13H19N3O3. The van der Waals surface area contributed by atoms with E-state index >= 15 is 0 Å². The molecule has 0 atom stereocenters. The first-order valence-electron chi connectivity index (χ1n) is 6.30. The molecule has 6 heteroatoms. The smallest absolute Gasteiger partial charge is 0.317 e. The SMILES string of the molecule is COc1ccc(O)c(CNC(=O)N2CCNCC2)c1. The summed E-state index contributed by atoms with van der Waals surface area (Å²) in [6.07, 6.45) is 0. The van der Waals surface area contributed by atoms with Crippen LogP contribution in [0, 0.1) is 0 Å². The molecule has 1 fully saturated rings. The Hall–Kier alpha value is -1.95. The van der Waals surface area contributed by atoms with Crippen molar-refractivity contribution in [2.75, 3.05) is 33.3 Å². The van der Waals surface area contributed by atoms with E-state index in [4.69, 9.17) is 4.74 Å². The van der Waals surface area contributed by atoms with Gasteiger partial charge in [0.15, 0.2) is 0 Å². The van der Waals surface area contributed by atoms with Crippen LogP contribution in [0.15, 0.2) is 18.2 Å². The number of aromatic hydroxyl groups is 1. The van der Waals surface area contributed by atoms with Crippen molar-refractivity contribution in [3.05, 3.63) is 23.8 Å². The number of nitrogens with one attached hydrogen (secondary N) is 2. The van der Waals surface area contributed by atoms with Gasteiger partial charge < -0.3 is 25.4 Å². The highest BCUT2D eigenvalue weighted by atomic mass is 16.5. The largest absolute Gasteiger partial charge is 0.508 e. The summed E-state index contributed by atoms with van der Waals surface area (Å²) in [6.45, 7) is 3.33. The van der Waals surface area contributed by atoms with Crippen molar-refractivity contribution < 1.29 is 14.6 Å². The number of carbonyl (C=O) groups is 1. The zero-order chi connectivity index (χ0) is 13.7. The third-order valence-corrected chi connectivity index (χ3v) is 3.12. The summed E-state index contributed by atoms with van der Waals surface area (Å²) in [7, 11) is 1.56. The van der Waals surface area contributed by atoms with Crippen molar-refractivity contribution in [2.45, 2.75) is 6.54 Å². The molecule has 3 N–H and O–H groups in total. The van der Waals surface area contributed by atoms with Crippen LogP contribution >= 0.6 is 0 Å². The van der Waals surface area contributed by atoms with Crippen LogP contribution in [0.5, 0.6) is 11.5 Å². The second-order valence-electron chi connectivity index (χ2n) is 4.39. The predicted octanol–water partition coefficient (Wildman–Crippen LogP) is 0.516. The number of phenols is 1. The molecule has 0 bridgehead atoms. The van der Waals surface area contributed by atoms with Gasteiger partial charge in [0.05, 0.1) is 7.11 Å². The van der Waals surface area contributed by atoms with E-state index in [0.29, 0.717) is 24.4 Å². The third-order valence-electron chi connectivity index (χ3n) is 3.12. The van der Waals surface area contributed by atoms with Crippen molar-refractivity contribution in [1.29, 1.82) is 0 Å². The van der Waals surface area contributed by atoms with E-state index < -0.39 is 0 Å². The molecule has 0 unspecified atom stereocenters. The molecule has 0 aromatic heterocycles. The number of urea groups is 1. The number of carbonyl (C=O) groups excluding carboxylic acids is 1. The standard InChI is InChI=1S/C13H19N3O3/c1-19-11-2-3-12(17)10(8-11)9-15-13(18)16-6-4-14-5-7-16/h2-3,8,14,17H,4-7,9H2,1H3,(H,15,18). The van der Waals surface area contributed by atoms with Crippen LogP contribution in [0.2, 0.25) is 0 Å². The van der Waals surface area contributed by atoms with Gasteiger partial charge in [0.25, 0.3) is 0 Å². The van der Waals surface area contributed by atoms with Gasteiger partial charge in [-0.2, -0.15) is 0 Å². The van der Waals surface area contributed by atoms with Crippen LogP contribution in [0.25, 0.3) is 0 Å². The molecule has 1 aromatic rings. The molecule has 104 valence electrons. The normalized spacial score (nSPS) is 15.1. The molecule has 2 amide bonds. The molecule has 0 saturated carbocycles. The summed E-state index contributed by atoms with van der Waals surface area (Å²) in [5.74, 6) is 0.811. The number of benzene rings is 1. The minimum Gasteiger partial charge on any atom is -0.508 e. The van der Waals surface area contributed by atoms with Crippen molar-refractivity contribution >= 4 is 6.03 Å². The van der Waals surface area contributed by atoms with Gasteiger partial charge in [0.1, 0.15) is 11.5 Å². The Bertz CT molecular complexity index is 445. The summed E-state index contributed by atoms with van der Waals surface area (Å²) >= 11 is 0. The number of ether oxygens (including phenoxy) is 1. The van der Waals surface area contributed by atoms with Crippen molar-refractivity contribution in [3.63, 3.8) is 0 Å². The van der Waals surface area contributed by atoms with Crippen LogP contribution in [0.3, 0.4) is 0 Å². The van der Waals surface area contributed by atoms with Gasteiger partial charge in [-0.1, -0.05) is 0 Å².